The molecule has 1 heterocycles. The number of piperidine rings is 1. The summed E-state index contributed by atoms with van der Waals surface area (Å²) >= 11 is 0. The van der Waals surface area contributed by atoms with Gasteiger partial charge in [-0.15, -0.1) is 0 Å². The fourth-order valence-corrected chi connectivity index (χ4v) is 3.13. The van der Waals surface area contributed by atoms with Crippen LogP contribution < -0.4 is 10.6 Å². The second-order valence-corrected chi connectivity index (χ2v) is 7.28. The molecule has 2 atom stereocenters. The molecule has 5 nitrogen and oxygen atoms in total. The van der Waals surface area contributed by atoms with E-state index in [1.165, 1.54) is 5.56 Å². The summed E-state index contributed by atoms with van der Waals surface area (Å²) in [5.74, 6) is 0.465. The highest BCUT2D eigenvalue weighted by molar-refractivity contribution is 5.74. The standard InChI is InChI=1S/C20H33N3O2/c1-4-15(2)16(3)22-20(25)21-13-17-7-5-6-8-18(17)14-23-11-9-19(24)10-12-23/h5-8,15-16,19,24H,4,9-14H2,1-3H3,(H2,21,22,25). The van der Waals surface area contributed by atoms with Gasteiger partial charge in [0.25, 0.3) is 0 Å². The van der Waals surface area contributed by atoms with Gasteiger partial charge in [0, 0.05) is 32.2 Å². The van der Waals surface area contributed by atoms with Crippen molar-refractivity contribution in [2.75, 3.05) is 13.1 Å². The molecular formula is C20H33N3O2. The predicted octanol–water partition coefficient (Wildman–Crippen LogP) is 2.88. The molecule has 25 heavy (non-hydrogen) atoms. The Hall–Kier alpha value is -1.59. The number of aliphatic hydroxyl groups excluding tert-OH is 1. The second-order valence-electron chi connectivity index (χ2n) is 7.28. The Balaban J connectivity index is 1.86. The lowest BCUT2D eigenvalue weighted by Gasteiger charge is -2.30. The third-order valence-corrected chi connectivity index (χ3v) is 5.37. The zero-order valence-electron chi connectivity index (χ0n) is 15.8. The quantitative estimate of drug-likeness (QED) is 0.711. The maximum absolute atomic E-state index is 12.1. The van der Waals surface area contributed by atoms with Crippen molar-refractivity contribution >= 4 is 6.03 Å². The average Bonchev–Trinajstić information content (AvgIpc) is 2.62. The summed E-state index contributed by atoms with van der Waals surface area (Å²) in [5, 5.41) is 15.6. The maximum atomic E-state index is 12.1. The Morgan fingerprint density at radius 3 is 2.52 bits per heavy atom. The van der Waals surface area contributed by atoms with E-state index in [0.29, 0.717) is 12.5 Å². The van der Waals surface area contributed by atoms with Crippen LogP contribution in [0, 0.1) is 5.92 Å². The first kappa shape index (κ1) is 19.7. The lowest BCUT2D eigenvalue weighted by Crippen LogP contribution is -2.43. The van der Waals surface area contributed by atoms with E-state index in [1.54, 1.807) is 0 Å². The maximum Gasteiger partial charge on any atom is 0.315 e. The van der Waals surface area contributed by atoms with E-state index in [1.807, 2.05) is 19.1 Å². The first-order chi connectivity index (χ1) is 12.0. The van der Waals surface area contributed by atoms with Crippen LogP contribution in [0.5, 0.6) is 0 Å². The molecule has 1 fully saturated rings. The molecule has 0 radical (unpaired) electrons. The van der Waals surface area contributed by atoms with E-state index in [4.69, 9.17) is 0 Å². The highest BCUT2D eigenvalue weighted by Gasteiger charge is 2.18. The van der Waals surface area contributed by atoms with Gasteiger partial charge in [-0.05, 0) is 36.8 Å². The molecule has 1 aliphatic rings. The first-order valence-corrected chi connectivity index (χ1v) is 9.51. The van der Waals surface area contributed by atoms with Crippen molar-refractivity contribution in [3.05, 3.63) is 35.4 Å². The van der Waals surface area contributed by atoms with E-state index in [-0.39, 0.29) is 18.2 Å². The van der Waals surface area contributed by atoms with Gasteiger partial charge in [0.2, 0.25) is 0 Å². The van der Waals surface area contributed by atoms with E-state index in [0.717, 1.165) is 44.5 Å². The van der Waals surface area contributed by atoms with Gasteiger partial charge in [-0.1, -0.05) is 44.5 Å². The average molecular weight is 348 g/mol. The number of benzene rings is 1. The van der Waals surface area contributed by atoms with Crippen molar-refractivity contribution in [3.63, 3.8) is 0 Å². The van der Waals surface area contributed by atoms with Crippen LogP contribution in [-0.2, 0) is 13.1 Å². The van der Waals surface area contributed by atoms with Crippen LogP contribution in [-0.4, -0.2) is 41.3 Å². The van der Waals surface area contributed by atoms with Crippen LogP contribution in [0.4, 0.5) is 4.79 Å². The van der Waals surface area contributed by atoms with Crippen molar-refractivity contribution in [1.82, 2.24) is 15.5 Å². The van der Waals surface area contributed by atoms with Crippen molar-refractivity contribution in [2.24, 2.45) is 5.92 Å². The van der Waals surface area contributed by atoms with Gasteiger partial charge in [0.1, 0.15) is 0 Å². The van der Waals surface area contributed by atoms with Gasteiger partial charge >= 0.3 is 6.03 Å². The Morgan fingerprint density at radius 2 is 1.88 bits per heavy atom. The number of aliphatic hydroxyl groups is 1. The first-order valence-electron chi connectivity index (χ1n) is 9.51. The van der Waals surface area contributed by atoms with Crippen LogP contribution in [0.3, 0.4) is 0 Å². The molecule has 0 saturated carbocycles. The number of urea groups is 1. The number of carbonyl (C=O) groups excluding carboxylic acids is 1. The number of hydrogen-bond acceptors (Lipinski definition) is 3. The van der Waals surface area contributed by atoms with Gasteiger partial charge in [-0.3, -0.25) is 4.90 Å². The zero-order chi connectivity index (χ0) is 18.2. The number of rotatable bonds is 7. The fraction of sp³-hybridized carbons (Fsp3) is 0.650. The van der Waals surface area contributed by atoms with Gasteiger partial charge in [0.15, 0.2) is 0 Å². The van der Waals surface area contributed by atoms with Crippen molar-refractivity contribution in [1.29, 1.82) is 0 Å². The van der Waals surface area contributed by atoms with Crippen LogP contribution in [0.15, 0.2) is 24.3 Å². The molecular weight excluding hydrogens is 314 g/mol. The molecule has 3 N–H and O–H groups in total. The number of nitrogens with zero attached hydrogens (tertiary/aromatic N) is 1. The van der Waals surface area contributed by atoms with Gasteiger partial charge in [0.05, 0.1) is 6.10 Å². The van der Waals surface area contributed by atoms with E-state index >= 15 is 0 Å². The summed E-state index contributed by atoms with van der Waals surface area (Å²) < 4.78 is 0. The molecule has 1 saturated heterocycles. The Labute approximate surface area is 151 Å². The summed E-state index contributed by atoms with van der Waals surface area (Å²) in [7, 11) is 0. The molecule has 0 aliphatic carbocycles. The number of carbonyl (C=O) groups is 1. The molecule has 2 amide bonds. The zero-order valence-corrected chi connectivity index (χ0v) is 15.8. The van der Waals surface area contributed by atoms with E-state index < -0.39 is 0 Å². The minimum absolute atomic E-state index is 0.108. The van der Waals surface area contributed by atoms with E-state index in [9.17, 15) is 9.90 Å². The van der Waals surface area contributed by atoms with Crippen molar-refractivity contribution < 1.29 is 9.90 Å². The summed E-state index contributed by atoms with van der Waals surface area (Å²) in [6.45, 7) is 9.59. The summed E-state index contributed by atoms with van der Waals surface area (Å²) in [4.78, 5) is 14.5. The normalized spacial score (nSPS) is 18.6. The molecule has 0 spiro atoms. The third-order valence-electron chi connectivity index (χ3n) is 5.37. The number of amides is 2. The van der Waals surface area contributed by atoms with Gasteiger partial charge in [-0.25, -0.2) is 4.79 Å². The molecule has 1 aliphatic heterocycles. The van der Waals surface area contributed by atoms with Gasteiger partial charge in [-0.2, -0.15) is 0 Å². The Bertz CT molecular complexity index is 541. The van der Waals surface area contributed by atoms with Crippen LogP contribution >= 0.6 is 0 Å². The Kier molecular flexibility index (Phi) is 7.72. The van der Waals surface area contributed by atoms with E-state index in [2.05, 4.69) is 41.5 Å². The third kappa shape index (κ3) is 6.33. The molecule has 2 unspecified atom stereocenters. The van der Waals surface area contributed by atoms with Crippen LogP contribution in [0.1, 0.15) is 51.2 Å². The van der Waals surface area contributed by atoms with Gasteiger partial charge < -0.3 is 15.7 Å². The van der Waals surface area contributed by atoms with Crippen molar-refractivity contribution in [2.45, 2.75) is 65.3 Å². The number of nitrogens with one attached hydrogen (secondary N) is 2. The largest absolute Gasteiger partial charge is 0.393 e. The summed E-state index contributed by atoms with van der Waals surface area (Å²) in [6, 6.07) is 8.32. The van der Waals surface area contributed by atoms with Crippen LogP contribution in [0.25, 0.3) is 0 Å². The lowest BCUT2D eigenvalue weighted by atomic mass is 10.0. The monoisotopic (exact) mass is 347 g/mol. The number of likely N-dealkylation sites (tertiary alicyclic amines) is 1. The van der Waals surface area contributed by atoms with Crippen LogP contribution in [0.2, 0.25) is 0 Å². The topological polar surface area (TPSA) is 64.6 Å². The smallest absolute Gasteiger partial charge is 0.315 e. The van der Waals surface area contributed by atoms with Crippen molar-refractivity contribution in [3.8, 4) is 0 Å². The minimum atomic E-state index is -0.149. The fourth-order valence-electron chi connectivity index (χ4n) is 3.13. The molecule has 1 aromatic rings. The lowest BCUT2D eigenvalue weighted by molar-refractivity contribution is 0.0791. The highest BCUT2D eigenvalue weighted by Crippen LogP contribution is 2.16. The molecule has 5 heteroatoms. The molecule has 2 rings (SSSR count). The number of hydrogen-bond donors (Lipinski definition) is 3. The molecule has 0 aromatic heterocycles. The predicted molar refractivity (Wildman–Crippen MR) is 101 cm³/mol. The Morgan fingerprint density at radius 1 is 1.24 bits per heavy atom. The summed E-state index contributed by atoms with van der Waals surface area (Å²) in [6.07, 6.45) is 2.59. The summed E-state index contributed by atoms with van der Waals surface area (Å²) in [5.41, 5.74) is 2.40. The molecule has 140 valence electrons. The highest BCUT2D eigenvalue weighted by atomic mass is 16.3. The minimum Gasteiger partial charge on any atom is -0.393 e. The molecule has 1 aromatic carbocycles. The SMILES string of the molecule is CCC(C)C(C)NC(=O)NCc1ccccc1CN1CCC(O)CC1. The molecule has 0 bridgehead atoms. The second kappa shape index (κ2) is 9.78.